The first-order chi connectivity index (χ1) is 9.73. The molecule has 20 heavy (non-hydrogen) atoms. The molecule has 0 bridgehead atoms. The second-order valence-corrected chi connectivity index (χ2v) is 6.07. The lowest BCUT2D eigenvalue weighted by Crippen LogP contribution is -2.58. The van der Waals surface area contributed by atoms with Gasteiger partial charge >= 0.3 is 5.91 Å². The van der Waals surface area contributed by atoms with Gasteiger partial charge in [-0.2, -0.15) is 9.13 Å². The van der Waals surface area contributed by atoms with Gasteiger partial charge in [-0.3, -0.25) is 0 Å². The van der Waals surface area contributed by atoms with Gasteiger partial charge in [0.25, 0.3) is 0 Å². The molecule has 3 aliphatic heterocycles. The molecule has 0 radical (unpaired) electrons. The van der Waals surface area contributed by atoms with E-state index in [-0.39, 0.29) is 5.91 Å². The van der Waals surface area contributed by atoms with Crippen LogP contribution in [0, 0.1) is 13.8 Å². The summed E-state index contributed by atoms with van der Waals surface area (Å²) in [6.07, 6.45) is 5.85. The first-order valence-electron chi connectivity index (χ1n) is 7.34. The summed E-state index contributed by atoms with van der Waals surface area (Å²) in [6.45, 7) is 6.64. The fraction of sp³-hybridized carbons (Fsp3) is 0.375. The Balaban J connectivity index is 1.95. The number of rotatable bonds is 0. The zero-order chi connectivity index (χ0) is 13.5. The Morgan fingerprint density at radius 3 is 1.85 bits per heavy atom. The molecule has 2 aromatic heterocycles. The lowest BCUT2D eigenvalue weighted by atomic mass is 10.2. The van der Waals surface area contributed by atoms with E-state index >= 15 is 0 Å². The van der Waals surface area contributed by atoms with Gasteiger partial charge in [0.2, 0.25) is 0 Å². The van der Waals surface area contributed by atoms with Crippen LogP contribution in [0.15, 0.2) is 24.3 Å². The van der Waals surface area contributed by atoms with Crippen molar-refractivity contribution in [2.75, 3.05) is 13.1 Å². The largest absolute Gasteiger partial charge is 0.541 e. The summed E-state index contributed by atoms with van der Waals surface area (Å²) < 4.78 is 9.95. The molecule has 1 spiro atoms. The molecule has 0 aliphatic carbocycles. The van der Waals surface area contributed by atoms with Gasteiger partial charge in [-0.15, -0.1) is 9.15 Å². The summed E-state index contributed by atoms with van der Waals surface area (Å²) in [4.78, 5) is 0. The van der Waals surface area contributed by atoms with Crippen LogP contribution in [0.4, 0.5) is 0 Å². The van der Waals surface area contributed by atoms with E-state index in [0.29, 0.717) is 0 Å². The molecule has 1 fully saturated rings. The molecular weight excluding hydrogens is 248 g/mol. The van der Waals surface area contributed by atoms with Gasteiger partial charge in [-0.05, 0) is 38.1 Å². The molecule has 0 N–H and O–H groups in total. The van der Waals surface area contributed by atoms with E-state index in [9.17, 15) is 0 Å². The third kappa shape index (κ3) is 0.921. The van der Waals surface area contributed by atoms with Crippen molar-refractivity contribution in [1.29, 1.82) is 0 Å². The SMILES string of the molecule is Cc1ccc2n1C13n4c(C)ccc4C=[N+]1CCC[N+]3=C2. The van der Waals surface area contributed by atoms with Gasteiger partial charge in [-0.25, -0.2) is 0 Å². The fourth-order valence-corrected chi connectivity index (χ4v) is 4.25. The van der Waals surface area contributed by atoms with E-state index in [4.69, 9.17) is 0 Å². The summed E-state index contributed by atoms with van der Waals surface area (Å²) in [5.41, 5.74) is 5.26. The van der Waals surface area contributed by atoms with Crippen LogP contribution in [-0.2, 0) is 5.91 Å². The number of aromatic nitrogens is 2. The molecule has 1 saturated heterocycles. The van der Waals surface area contributed by atoms with E-state index in [1.54, 1.807) is 0 Å². The molecule has 0 unspecified atom stereocenters. The lowest BCUT2D eigenvalue weighted by molar-refractivity contribution is -0.877. The van der Waals surface area contributed by atoms with Gasteiger partial charge in [0, 0.05) is 11.4 Å². The molecule has 100 valence electrons. The molecule has 4 nitrogen and oxygen atoms in total. The van der Waals surface area contributed by atoms with Crippen molar-refractivity contribution in [2.45, 2.75) is 26.2 Å². The first-order valence-corrected chi connectivity index (χ1v) is 7.34. The van der Waals surface area contributed by atoms with Gasteiger partial charge in [-0.1, -0.05) is 0 Å². The van der Waals surface area contributed by atoms with Crippen LogP contribution in [0.1, 0.15) is 29.2 Å². The number of nitrogens with zero attached hydrogens (tertiary/aromatic N) is 4. The predicted molar refractivity (Wildman–Crippen MR) is 76.9 cm³/mol. The highest BCUT2D eigenvalue weighted by Gasteiger charge is 2.66. The molecule has 2 aromatic rings. The Hall–Kier alpha value is -2.10. The monoisotopic (exact) mass is 266 g/mol. The summed E-state index contributed by atoms with van der Waals surface area (Å²) in [6, 6.07) is 8.91. The zero-order valence-electron chi connectivity index (χ0n) is 11.9. The predicted octanol–water partition coefficient (Wildman–Crippen LogP) is 1.32. The van der Waals surface area contributed by atoms with Crippen molar-refractivity contribution >= 4 is 12.4 Å². The molecule has 0 saturated carbocycles. The maximum absolute atomic E-state index is 2.50. The number of hydrogen-bond acceptors (Lipinski definition) is 0. The minimum Gasteiger partial charge on any atom is -0.199 e. The van der Waals surface area contributed by atoms with Crippen molar-refractivity contribution in [3.63, 3.8) is 0 Å². The lowest BCUT2D eigenvalue weighted by Gasteiger charge is -2.28. The van der Waals surface area contributed by atoms with E-state index in [0.717, 1.165) is 13.1 Å². The summed E-state index contributed by atoms with van der Waals surface area (Å²) in [7, 11) is 0. The van der Waals surface area contributed by atoms with Gasteiger partial charge in [0.05, 0.1) is 6.42 Å². The van der Waals surface area contributed by atoms with Crippen LogP contribution in [-0.4, -0.2) is 43.8 Å². The third-order valence-corrected chi connectivity index (χ3v) is 4.96. The van der Waals surface area contributed by atoms with E-state index < -0.39 is 0 Å². The minimum atomic E-state index is -0.204. The zero-order valence-corrected chi connectivity index (χ0v) is 11.9. The molecule has 0 aromatic carbocycles. The highest BCUT2D eigenvalue weighted by Crippen LogP contribution is 2.38. The third-order valence-electron chi connectivity index (χ3n) is 4.96. The van der Waals surface area contributed by atoms with Crippen LogP contribution in [0.25, 0.3) is 0 Å². The molecule has 5 rings (SSSR count). The van der Waals surface area contributed by atoms with Crippen molar-refractivity contribution in [3.8, 4) is 0 Å². The molecule has 0 atom stereocenters. The summed E-state index contributed by atoms with van der Waals surface area (Å²) in [5, 5.41) is 0. The van der Waals surface area contributed by atoms with Crippen molar-refractivity contribution in [1.82, 2.24) is 9.13 Å². The average Bonchev–Trinajstić information content (AvgIpc) is 3.11. The standard InChI is InChI=1S/C16H18N4/c1-12-4-6-14-10-17-8-3-9-18-11-15-7-5-13(2)20(15)16(17,18)19(12)14/h4-7,10-11H,3,8-9H2,1-2H3/q+2. The van der Waals surface area contributed by atoms with E-state index in [1.807, 2.05) is 0 Å². The maximum atomic E-state index is 2.50. The molecule has 4 heteroatoms. The fourth-order valence-electron chi connectivity index (χ4n) is 4.25. The highest BCUT2D eigenvalue weighted by molar-refractivity contribution is 5.78. The first kappa shape index (κ1) is 10.7. The Morgan fingerprint density at radius 2 is 1.35 bits per heavy atom. The topological polar surface area (TPSA) is 15.9 Å². The average molecular weight is 266 g/mol. The van der Waals surface area contributed by atoms with Gasteiger partial charge < -0.3 is 0 Å². The second kappa shape index (κ2) is 3.14. The Labute approximate surface area is 117 Å². The Bertz CT molecular complexity index is 747. The number of hydrogen-bond donors (Lipinski definition) is 0. The van der Waals surface area contributed by atoms with Crippen LogP contribution in [0.2, 0.25) is 0 Å². The number of aryl methyl sites for hydroxylation is 2. The van der Waals surface area contributed by atoms with E-state index in [1.165, 1.54) is 29.2 Å². The van der Waals surface area contributed by atoms with Crippen molar-refractivity contribution in [2.24, 2.45) is 0 Å². The van der Waals surface area contributed by atoms with Gasteiger partial charge in [0.1, 0.15) is 11.4 Å². The van der Waals surface area contributed by atoms with Crippen LogP contribution in [0.3, 0.4) is 0 Å². The molecule has 0 amide bonds. The minimum absolute atomic E-state index is 0.204. The molecule has 3 aliphatic rings. The smallest absolute Gasteiger partial charge is 0.199 e. The Kier molecular flexibility index (Phi) is 1.67. The van der Waals surface area contributed by atoms with Crippen molar-refractivity contribution < 1.29 is 9.15 Å². The summed E-state index contributed by atoms with van der Waals surface area (Å²) >= 11 is 0. The van der Waals surface area contributed by atoms with Crippen LogP contribution < -0.4 is 0 Å². The molecular formula is C16H18N4+2. The van der Waals surface area contributed by atoms with Crippen LogP contribution >= 0.6 is 0 Å². The molecule has 5 heterocycles. The normalized spacial score (nSPS) is 20.9. The number of fused-ring (bicyclic) bond motifs is 2. The quantitative estimate of drug-likeness (QED) is 0.639. The van der Waals surface area contributed by atoms with Gasteiger partial charge in [0.15, 0.2) is 25.5 Å². The van der Waals surface area contributed by atoms with Crippen molar-refractivity contribution in [3.05, 3.63) is 47.0 Å². The van der Waals surface area contributed by atoms with Crippen LogP contribution in [0.5, 0.6) is 0 Å². The maximum Gasteiger partial charge on any atom is 0.541 e. The highest BCUT2D eigenvalue weighted by atomic mass is 15.6. The second-order valence-electron chi connectivity index (χ2n) is 6.07. The van der Waals surface area contributed by atoms with E-state index in [2.05, 4.69) is 68.8 Å². The summed E-state index contributed by atoms with van der Waals surface area (Å²) in [5.74, 6) is -0.204. The Morgan fingerprint density at radius 1 is 0.850 bits per heavy atom.